The van der Waals surface area contributed by atoms with Gasteiger partial charge in [-0.25, -0.2) is 4.98 Å². The van der Waals surface area contributed by atoms with E-state index in [0.29, 0.717) is 11.0 Å². The van der Waals surface area contributed by atoms with Gasteiger partial charge in [0.25, 0.3) is 0 Å². The molecule has 3 rings (SSSR count). The molecule has 0 aliphatic carbocycles. The van der Waals surface area contributed by atoms with Crippen LogP contribution >= 0.6 is 11.6 Å². The number of nitrogens with one attached hydrogen (secondary N) is 2. The summed E-state index contributed by atoms with van der Waals surface area (Å²) in [4.78, 5) is 8.93. The fourth-order valence-electron chi connectivity index (χ4n) is 2.39. The number of aryl methyl sites for hydroxylation is 1. The molecule has 24 heavy (non-hydrogen) atoms. The highest BCUT2D eigenvalue weighted by Crippen LogP contribution is 2.19. The maximum absolute atomic E-state index is 6.01. The van der Waals surface area contributed by atoms with Crippen LogP contribution in [0.4, 0.5) is 17.5 Å². The minimum absolute atomic E-state index is 0.555. The van der Waals surface area contributed by atoms with Crippen LogP contribution in [0.25, 0.3) is 0 Å². The lowest BCUT2D eigenvalue weighted by Crippen LogP contribution is -2.08. The van der Waals surface area contributed by atoms with Crippen molar-refractivity contribution in [2.45, 2.75) is 13.3 Å². The van der Waals surface area contributed by atoms with Crippen LogP contribution in [-0.2, 0) is 6.42 Å². The SMILES string of the molecule is Cc1cc(NCCc2ccccc2)nc(Nc2cccc(Cl)c2)n1. The van der Waals surface area contributed by atoms with E-state index >= 15 is 0 Å². The predicted molar refractivity (Wildman–Crippen MR) is 100 cm³/mol. The lowest BCUT2D eigenvalue weighted by Gasteiger charge is -2.10. The van der Waals surface area contributed by atoms with E-state index in [1.807, 2.05) is 43.3 Å². The minimum atomic E-state index is 0.555. The van der Waals surface area contributed by atoms with E-state index in [1.54, 1.807) is 0 Å². The number of halogens is 1. The molecule has 122 valence electrons. The fraction of sp³-hybridized carbons (Fsp3) is 0.158. The van der Waals surface area contributed by atoms with E-state index in [-0.39, 0.29) is 0 Å². The number of anilines is 3. The zero-order valence-electron chi connectivity index (χ0n) is 13.5. The summed E-state index contributed by atoms with van der Waals surface area (Å²) in [5.74, 6) is 1.36. The smallest absolute Gasteiger partial charge is 0.229 e. The first-order chi connectivity index (χ1) is 11.7. The molecule has 0 unspecified atom stereocenters. The lowest BCUT2D eigenvalue weighted by molar-refractivity contribution is 0.995. The van der Waals surface area contributed by atoms with Crippen molar-refractivity contribution in [2.75, 3.05) is 17.2 Å². The summed E-state index contributed by atoms with van der Waals surface area (Å²) in [7, 11) is 0. The van der Waals surface area contributed by atoms with Gasteiger partial charge in [0.1, 0.15) is 5.82 Å². The Bertz CT molecular complexity index is 805. The summed E-state index contributed by atoms with van der Waals surface area (Å²) in [6, 6.07) is 19.8. The second-order valence-corrected chi connectivity index (χ2v) is 5.95. The van der Waals surface area contributed by atoms with Crippen molar-refractivity contribution >= 4 is 29.1 Å². The van der Waals surface area contributed by atoms with Crippen molar-refractivity contribution in [3.05, 3.63) is 76.9 Å². The first kappa shape index (κ1) is 16.3. The molecule has 0 aliphatic heterocycles. The number of hydrogen-bond donors (Lipinski definition) is 2. The summed E-state index contributed by atoms with van der Waals surface area (Å²) in [5, 5.41) is 7.22. The average molecular weight is 339 g/mol. The van der Waals surface area contributed by atoms with Crippen molar-refractivity contribution in [2.24, 2.45) is 0 Å². The van der Waals surface area contributed by atoms with Crippen LogP contribution < -0.4 is 10.6 Å². The van der Waals surface area contributed by atoms with Gasteiger partial charge in [-0.15, -0.1) is 0 Å². The zero-order chi connectivity index (χ0) is 16.8. The fourth-order valence-corrected chi connectivity index (χ4v) is 2.58. The Balaban J connectivity index is 1.65. The molecule has 0 fully saturated rings. The minimum Gasteiger partial charge on any atom is -0.370 e. The second-order valence-electron chi connectivity index (χ2n) is 5.52. The van der Waals surface area contributed by atoms with Crippen molar-refractivity contribution in [3.63, 3.8) is 0 Å². The molecule has 0 saturated carbocycles. The molecule has 5 heteroatoms. The monoisotopic (exact) mass is 338 g/mol. The van der Waals surface area contributed by atoms with Crippen LogP contribution in [0, 0.1) is 6.92 Å². The number of benzene rings is 2. The number of nitrogens with zero attached hydrogens (tertiary/aromatic N) is 2. The van der Waals surface area contributed by atoms with Gasteiger partial charge < -0.3 is 10.6 Å². The predicted octanol–water partition coefficient (Wildman–Crippen LogP) is 4.84. The van der Waals surface area contributed by atoms with Crippen LogP contribution in [-0.4, -0.2) is 16.5 Å². The van der Waals surface area contributed by atoms with Crippen molar-refractivity contribution in [1.29, 1.82) is 0 Å². The summed E-state index contributed by atoms with van der Waals surface area (Å²) in [5.41, 5.74) is 3.06. The molecule has 0 bridgehead atoms. The molecule has 4 nitrogen and oxygen atoms in total. The van der Waals surface area contributed by atoms with Crippen LogP contribution in [0.15, 0.2) is 60.7 Å². The van der Waals surface area contributed by atoms with Crippen LogP contribution in [0.2, 0.25) is 5.02 Å². The number of hydrogen-bond acceptors (Lipinski definition) is 4. The molecular weight excluding hydrogens is 320 g/mol. The van der Waals surface area contributed by atoms with Crippen LogP contribution in [0.1, 0.15) is 11.3 Å². The summed E-state index contributed by atoms with van der Waals surface area (Å²) >= 11 is 6.01. The molecule has 1 aromatic heterocycles. The molecule has 0 radical (unpaired) electrons. The standard InChI is InChI=1S/C19H19ClN4/c1-14-12-18(21-11-10-15-6-3-2-4-7-15)24-19(22-14)23-17-9-5-8-16(20)13-17/h2-9,12-13H,10-11H2,1H3,(H2,21,22,23,24). The van der Waals surface area contributed by atoms with E-state index in [0.717, 1.165) is 30.2 Å². The van der Waals surface area contributed by atoms with Gasteiger partial charge in [-0.3, -0.25) is 0 Å². The Morgan fingerprint density at radius 3 is 2.58 bits per heavy atom. The Morgan fingerprint density at radius 2 is 1.79 bits per heavy atom. The third-order valence-corrected chi connectivity index (χ3v) is 3.73. The number of rotatable bonds is 6. The largest absolute Gasteiger partial charge is 0.370 e. The van der Waals surface area contributed by atoms with Gasteiger partial charge in [-0.1, -0.05) is 48.0 Å². The third kappa shape index (κ3) is 4.70. The molecule has 0 atom stereocenters. The van der Waals surface area contributed by atoms with Crippen LogP contribution in [0.5, 0.6) is 0 Å². The maximum Gasteiger partial charge on any atom is 0.229 e. The lowest BCUT2D eigenvalue weighted by atomic mass is 10.1. The van der Waals surface area contributed by atoms with Gasteiger partial charge in [-0.05, 0) is 37.1 Å². The van der Waals surface area contributed by atoms with E-state index in [9.17, 15) is 0 Å². The first-order valence-electron chi connectivity index (χ1n) is 7.85. The van der Waals surface area contributed by atoms with E-state index < -0.39 is 0 Å². The summed E-state index contributed by atoms with van der Waals surface area (Å²) < 4.78 is 0. The highest BCUT2D eigenvalue weighted by atomic mass is 35.5. The van der Waals surface area contributed by atoms with E-state index in [1.165, 1.54) is 5.56 Å². The first-order valence-corrected chi connectivity index (χ1v) is 8.23. The molecule has 0 saturated heterocycles. The van der Waals surface area contributed by atoms with Gasteiger partial charge in [0, 0.05) is 29.0 Å². The Kier molecular flexibility index (Phi) is 5.29. The summed E-state index contributed by atoms with van der Waals surface area (Å²) in [6.45, 7) is 2.77. The van der Waals surface area contributed by atoms with Crippen molar-refractivity contribution < 1.29 is 0 Å². The average Bonchev–Trinajstić information content (AvgIpc) is 2.55. The summed E-state index contributed by atoms with van der Waals surface area (Å²) in [6.07, 6.45) is 0.945. The van der Waals surface area contributed by atoms with Crippen molar-refractivity contribution in [1.82, 2.24) is 9.97 Å². The van der Waals surface area contributed by atoms with Gasteiger partial charge in [-0.2, -0.15) is 4.98 Å². The molecule has 1 heterocycles. The second kappa shape index (κ2) is 7.79. The maximum atomic E-state index is 6.01. The Hall–Kier alpha value is -2.59. The van der Waals surface area contributed by atoms with Gasteiger partial charge in [0.2, 0.25) is 5.95 Å². The molecule has 0 spiro atoms. The molecule has 0 amide bonds. The molecule has 2 aromatic carbocycles. The Labute approximate surface area is 146 Å². The van der Waals surface area contributed by atoms with Gasteiger partial charge in [0.15, 0.2) is 0 Å². The highest BCUT2D eigenvalue weighted by Gasteiger charge is 2.03. The third-order valence-electron chi connectivity index (χ3n) is 3.50. The van der Waals surface area contributed by atoms with Crippen LogP contribution in [0.3, 0.4) is 0 Å². The topological polar surface area (TPSA) is 49.8 Å². The van der Waals surface area contributed by atoms with E-state index in [2.05, 4.69) is 44.9 Å². The van der Waals surface area contributed by atoms with Gasteiger partial charge in [0.05, 0.1) is 0 Å². The molecule has 3 aromatic rings. The Morgan fingerprint density at radius 1 is 0.958 bits per heavy atom. The highest BCUT2D eigenvalue weighted by molar-refractivity contribution is 6.30. The van der Waals surface area contributed by atoms with Gasteiger partial charge >= 0.3 is 0 Å². The molecule has 0 aliphatic rings. The normalized spacial score (nSPS) is 10.4. The van der Waals surface area contributed by atoms with E-state index in [4.69, 9.17) is 11.6 Å². The molecular formula is C19H19ClN4. The quantitative estimate of drug-likeness (QED) is 0.675. The zero-order valence-corrected chi connectivity index (χ0v) is 14.2. The number of aromatic nitrogens is 2. The molecule has 2 N–H and O–H groups in total. The van der Waals surface area contributed by atoms with Crippen molar-refractivity contribution in [3.8, 4) is 0 Å².